The van der Waals surface area contributed by atoms with E-state index >= 15 is 0 Å². The Morgan fingerprint density at radius 1 is 0.839 bits per heavy atom. The highest BCUT2D eigenvalue weighted by molar-refractivity contribution is 5.83. The molecule has 0 aromatic carbocycles. The van der Waals surface area contributed by atoms with Crippen LogP contribution in [0.3, 0.4) is 0 Å². The Labute approximate surface area is 182 Å². The van der Waals surface area contributed by atoms with Crippen LogP contribution in [0.2, 0.25) is 0 Å². The van der Waals surface area contributed by atoms with Gasteiger partial charge in [-0.3, -0.25) is 19.2 Å². The van der Waals surface area contributed by atoms with Gasteiger partial charge in [0.1, 0.15) is 18.0 Å². The summed E-state index contributed by atoms with van der Waals surface area (Å²) in [4.78, 5) is 46.8. The summed E-state index contributed by atoms with van der Waals surface area (Å²) in [5.74, 6) is -2.58. The van der Waals surface area contributed by atoms with Gasteiger partial charge in [-0.1, -0.05) is 27.7 Å². The van der Waals surface area contributed by atoms with Crippen molar-refractivity contribution in [3.05, 3.63) is 0 Å². The Morgan fingerprint density at radius 2 is 1.35 bits per heavy atom. The van der Waals surface area contributed by atoms with Crippen LogP contribution in [0.1, 0.15) is 47.0 Å². The second kappa shape index (κ2) is 13.4. The van der Waals surface area contributed by atoms with E-state index in [4.69, 9.17) is 9.84 Å². The smallest absolute Gasteiger partial charge is 0.305 e. The average Bonchev–Trinajstić information content (AvgIpc) is 2.69. The molecule has 2 atom stereocenters. The molecule has 31 heavy (non-hydrogen) atoms. The molecule has 0 unspecified atom stereocenters. The molecule has 0 rings (SSSR count). The number of hydrogen-bond acceptors (Lipinski definition) is 8. The molecule has 0 heterocycles. The lowest BCUT2D eigenvalue weighted by molar-refractivity contribution is -0.145. The first-order valence-electron chi connectivity index (χ1n) is 10.1. The molecule has 0 aliphatic rings. The van der Waals surface area contributed by atoms with Crippen molar-refractivity contribution in [3.8, 4) is 0 Å². The van der Waals surface area contributed by atoms with E-state index in [0.717, 1.165) is 0 Å². The van der Waals surface area contributed by atoms with Crippen LogP contribution >= 0.6 is 0 Å². The van der Waals surface area contributed by atoms with Crippen LogP contribution in [-0.4, -0.2) is 89.1 Å². The van der Waals surface area contributed by atoms with E-state index in [2.05, 4.69) is 10.6 Å². The number of rotatable bonds is 16. The Hall–Kier alpha value is -2.08. The second-order valence-electron chi connectivity index (χ2n) is 8.71. The Kier molecular flexibility index (Phi) is 12.5. The average molecular weight is 449 g/mol. The predicted molar refractivity (Wildman–Crippen MR) is 110 cm³/mol. The number of Topliss-reactive ketones (excluding diaryl/α,β-unsaturated/α-hetero) is 1. The molecule has 11 heteroatoms. The second-order valence-corrected chi connectivity index (χ2v) is 8.71. The van der Waals surface area contributed by atoms with E-state index in [1.54, 1.807) is 13.8 Å². The number of carbonyl (C=O) groups is 4. The van der Waals surface area contributed by atoms with Gasteiger partial charge in [0.25, 0.3) is 0 Å². The number of ether oxygens (including phenoxy) is 1. The number of aliphatic carboxylic acids is 1. The Morgan fingerprint density at radius 3 is 1.87 bits per heavy atom. The van der Waals surface area contributed by atoms with Crippen LogP contribution in [0.4, 0.5) is 0 Å². The minimum absolute atomic E-state index is 0.00251. The molecular formula is C20H36N2O9. The minimum Gasteiger partial charge on any atom is -0.481 e. The summed E-state index contributed by atoms with van der Waals surface area (Å²) in [6.45, 7) is 5.32. The summed E-state index contributed by atoms with van der Waals surface area (Å²) in [7, 11) is 0. The first kappa shape index (κ1) is 28.9. The van der Waals surface area contributed by atoms with Crippen molar-refractivity contribution in [2.45, 2.75) is 59.2 Å². The molecule has 0 radical (unpaired) electrons. The molecule has 11 nitrogen and oxygen atoms in total. The van der Waals surface area contributed by atoms with Crippen molar-refractivity contribution in [2.75, 3.05) is 32.9 Å². The van der Waals surface area contributed by atoms with Gasteiger partial charge in [-0.15, -0.1) is 0 Å². The van der Waals surface area contributed by atoms with E-state index in [0.29, 0.717) is 0 Å². The Balaban J connectivity index is 4.51. The maximum Gasteiger partial charge on any atom is 0.305 e. The van der Waals surface area contributed by atoms with Crippen molar-refractivity contribution in [1.29, 1.82) is 0 Å². The van der Waals surface area contributed by atoms with Crippen molar-refractivity contribution < 1.29 is 44.3 Å². The predicted octanol–water partition coefficient (Wildman–Crippen LogP) is -1.17. The molecule has 0 aliphatic heterocycles. The quantitative estimate of drug-likeness (QED) is 0.169. The van der Waals surface area contributed by atoms with E-state index < -0.39 is 40.8 Å². The zero-order chi connectivity index (χ0) is 24.2. The summed E-state index contributed by atoms with van der Waals surface area (Å²) < 4.78 is 5.52. The van der Waals surface area contributed by atoms with Crippen LogP contribution < -0.4 is 10.6 Å². The van der Waals surface area contributed by atoms with Crippen molar-refractivity contribution in [1.82, 2.24) is 10.6 Å². The third-order valence-electron chi connectivity index (χ3n) is 4.76. The fraction of sp³-hybridized carbons (Fsp3) is 0.800. The normalized spacial score (nSPS) is 13.9. The molecule has 0 spiro atoms. The van der Waals surface area contributed by atoms with Gasteiger partial charge in [-0.25, -0.2) is 0 Å². The topological polar surface area (TPSA) is 182 Å². The molecule has 0 saturated carbocycles. The van der Waals surface area contributed by atoms with E-state index in [9.17, 15) is 34.5 Å². The van der Waals surface area contributed by atoms with Gasteiger partial charge in [0.15, 0.2) is 0 Å². The van der Waals surface area contributed by atoms with Gasteiger partial charge in [0, 0.05) is 36.8 Å². The molecular weight excluding hydrogens is 412 g/mol. The first-order chi connectivity index (χ1) is 14.3. The molecule has 0 saturated heterocycles. The van der Waals surface area contributed by atoms with Gasteiger partial charge < -0.3 is 35.8 Å². The zero-order valence-electron chi connectivity index (χ0n) is 18.6. The fourth-order valence-electron chi connectivity index (χ4n) is 2.40. The van der Waals surface area contributed by atoms with Gasteiger partial charge in [0.2, 0.25) is 11.8 Å². The molecule has 0 aromatic rings. The van der Waals surface area contributed by atoms with Gasteiger partial charge in [-0.2, -0.15) is 0 Å². The lowest BCUT2D eigenvalue weighted by Gasteiger charge is -2.31. The largest absolute Gasteiger partial charge is 0.481 e. The van der Waals surface area contributed by atoms with E-state index in [1.165, 1.54) is 13.8 Å². The highest BCUT2D eigenvalue weighted by atomic mass is 16.5. The zero-order valence-corrected chi connectivity index (χ0v) is 18.6. The number of hydrogen-bond donors (Lipinski definition) is 6. The summed E-state index contributed by atoms with van der Waals surface area (Å²) >= 11 is 0. The molecule has 0 bridgehead atoms. The van der Waals surface area contributed by atoms with Crippen LogP contribution in [0.25, 0.3) is 0 Å². The number of carboxylic acid groups (broad SMARTS) is 1. The molecule has 2 amide bonds. The summed E-state index contributed by atoms with van der Waals surface area (Å²) in [5, 5.41) is 42.1. The van der Waals surface area contributed by atoms with Crippen LogP contribution in [-0.2, 0) is 23.9 Å². The summed E-state index contributed by atoms with van der Waals surface area (Å²) in [6, 6.07) is 0. The van der Waals surface area contributed by atoms with Gasteiger partial charge in [0.05, 0.1) is 26.2 Å². The third-order valence-corrected chi connectivity index (χ3v) is 4.76. The molecule has 0 aliphatic carbocycles. The minimum atomic E-state index is -1.42. The molecule has 0 fully saturated rings. The number of carbonyl (C=O) groups excluding carboxylic acids is 3. The highest BCUT2D eigenvalue weighted by Crippen LogP contribution is 2.23. The monoisotopic (exact) mass is 448 g/mol. The van der Waals surface area contributed by atoms with Crippen molar-refractivity contribution in [3.63, 3.8) is 0 Å². The van der Waals surface area contributed by atoms with E-state index in [1.807, 2.05) is 0 Å². The number of ketones is 1. The number of amides is 2. The van der Waals surface area contributed by atoms with Crippen LogP contribution in [0.5, 0.6) is 0 Å². The van der Waals surface area contributed by atoms with Gasteiger partial charge >= 0.3 is 5.97 Å². The van der Waals surface area contributed by atoms with Crippen molar-refractivity contribution in [2.24, 2.45) is 10.8 Å². The summed E-state index contributed by atoms with van der Waals surface area (Å²) in [6.07, 6.45) is -2.82. The van der Waals surface area contributed by atoms with Crippen LogP contribution in [0.15, 0.2) is 0 Å². The van der Waals surface area contributed by atoms with Gasteiger partial charge in [-0.05, 0) is 0 Å². The van der Waals surface area contributed by atoms with E-state index in [-0.39, 0.29) is 58.0 Å². The highest BCUT2D eigenvalue weighted by Gasteiger charge is 2.36. The standard InChI is InChI=1S/C20H36N2O9/c1-19(2,11-23)15(28)17(29)21-8-5-13(25)7-10-31-16(20(3,4)12-24)18(30)22-9-6-14(26)27/h15-16,23-24,28H,5-12H2,1-4H3,(H,21,29)(H,22,30)(H,26,27)/t15-,16-/m0/s1. The maximum atomic E-state index is 12.3. The molecule has 180 valence electrons. The lowest BCUT2D eigenvalue weighted by Crippen LogP contribution is -2.48. The molecule has 6 N–H and O–H groups in total. The number of carboxylic acids is 1. The third kappa shape index (κ3) is 10.7. The molecule has 0 aromatic heterocycles. The maximum absolute atomic E-state index is 12.3. The fourth-order valence-corrected chi connectivity index (χ4v) is 2.40. The van der Waals surface area contributed by atoms with Crippen LogP contribution in [0, 0.1) is 10.8 Å². The number of aliphatic hydroxyl groups excluding tert-OH is 3. The number of aliphatic hydroxyl groups is 3. The summed E-state index contributed by atoms with van der Waals surface area (Å²) in [5.41, 5.74) is -1.97. The number of nitrogens with one attached hydrogen (secondary N) is 2. The Bertz CT molecular complexity index is 620. The first-order valence-corrected chi connectivity index (χ1v) is 10.1. The lowest BCUT2D eigenvalue weighted by atomic mass is 9.86. The SMILES string of the molecule is CC(C)(CO)[C@@H](O)C(=O)NCCC(=O)CCO[C@@H](C(=O)NCCC(=O)O)C(C)(C)CO. The van der Waals surface area contributed by atoms with Crippen molar-refractivity contribution >= 4 is 23.6 Å².